The third-order valence-corrected chi connectivity index (χ3v) is 4.46. The Bertz CT molecular complexity index is 669. The van der Waals surface area contributed by atoms with Crippen LogP contribution in [0.4, 0.5) is 4.79 Å². The van der Waals surface area contributed by atoms with E-state index in [-0.39, 0.29) is 6.04 Å². The van der Waals surface area contributed by atoms with Gasteiger partial charge in [0.25, 0.3) is 5.91 Å². The van der Waals surface area contributed by atoms with Crippen molar-refractivity contribution < 1.29 is 23.9 Å². The summed E-state index contributed by atoms with van der Waals surface area (Å²) in [6, 6.07) is 6.03. The van der Waals surface area contributed by atoms with Gasteiger partial charge >= 0.3 is 12.0 Å². The van der Waals surface area contributed by atoms with Crippen LogP contribution in [0.2, 0.25) is 5.02 Å². The summed E-state index contributed by atoms with van der Waals surface area (Å²) < 4.78 is 10.6. The minimum atomic E-state index is -1.31. The molecule has 1 aliphatic carbocycles. The van der Waals surface area contributed by atoms with Gasteiger partial charge in [-0.1, -0.05) is 30.9 Å². The Morgan fingerprint density at radius 1 is 1.11 bits per heavy atom. The van der Waals surface area contributed by atoms with Crippen molar-refractivity contribution in [1.82, 2.24) is 10.6 Å². The predicted molar refractivity (Wildman–Crippen MR) is 101 cm³/mol. The van der Waals surface area contributed by atoms with E-state index in [4.69, 9.17) is 21.1 Å². The Kier molecular flexibility index (Phi) is 7.47. The van der Waals surface area contributed by atoms with E-state index >= 15 is 0 Å². The van der Waals surface area contributed by atoms with Gasteiger partial charge in [0, 0.05) is 11.1 Å². The molecule has 27 heavy (non-hydrogen) atoms. The van der Waals surface area contributed by atoms with E-state index in [1.54, 1.807) is 24.3 Å². The standard InChI is InChI=1S/C19H25ClN2O5/c1-19(2,27-15-10-8-13(20)9-11-15)17(24)26-12-16(23)22-18(25)21-14-6-4-3-5-7-14/h8-11,14H,3-7,12H2,1-2H3,(H2,21,22,23,25). The fraction of sp³-hybridized carbons (Fsp3) is 0.526. The van der Waals surface area contributed by atoms with Gasteiger partial charge in [-0.25, -0.2) is 9.59 Å². The molecule has 1 aromatic carbocycles. The highest BCUT2D eigenvalue weighted by atomic mass is 35.5. The zero-order valence-corrected chi connectivity index (χ0v) is 16.3. The molecule has 0 saturated heterocycles. The van der Waals surface area contributed by atoms with Crippen LogP contribution in [0.25, 0.3) is 0 Å². The Hall–Kier alpha value is -2.28. The van der Waals surface area contributed by atoms with Gasteiger partial charge in [0.15, 0.2) is 12.2 Å². The van der Waals surface area contributed by atoms with E-state index in [0.29, 0.717) is 10.8 Å². The summed E-state index contributed by atoms with van der Waals surface area (Å²) in [4.78, 5) is 35.8. The largest absolute Gasteiger partial charge is 0.476 e. The maximum Gasteiger partial charge on any atom is 0.350 e. The number of hydrogen-bond acceptors (Lipinski definition) is 5. The highest BCUT2D eigenvalue weighted by molar-refractivity contribution is 6.30. The first-order valence-electron chi connectivity index (χ1n) is 8.98. The smallest absolute Gasteiger partial charge is 0.350 e. The fourth-order valence-corrected chi connectivity index (χ4v) is 2.90. The molecule has 7 nitrogen and oxygen atoms in total. The topological polar surface area (TPSA) is 93.7 Å². The van der Waals surface area contributed by atoms with Gasteiger partial charge in [-0.05, 0) is 51.0 Å². The summed E-state index contributed by atoms with van der Waals surface area (Å²) in [5.74, 6) is -0.975. The summed E-state index contributed by atoms with van der Waals surface area (Å²) in [5.41, 5.74) is -1.31. The predicted octanol–water partition coefficient (Wildman–Crippen LogP) is 3.20. The number of nitrogens with one attached hydrogen (secondary N) is 2. The molecule has 8 heteroatoms. The van der Waals surface area contributed by atoms with Crippen molar-refractivity contribution in [1.29, 1.82) is 0 Å². The summed E-state index contributed by atoms with van der Waals surface area (Å²) in [5, 5.41) is 5.47. The van der Waals surface area contributed by atoms with Crippen molar-refractivity contribution in [3.63, 3.8) is 0 Å². The van der Waals surface area contributed by atoms with Crippen molar-refractivity contribution in [2.45, 2.75) is 57.6 Å². The SMILES string of the molecule is CC(C)(Oc1ccc(Cl)cc1)C(=O)OCC(=O)NC(=O)NC1CCCCC1. The average Bonchev–Trinajstić information content (AvgIpc) is 2.62. The van der Waals surface area contributed by atoms with E-state index in [9.17, 15) is 14.4 Å². The third-order valence-electron chi connectivity index (χ3n) is 4.21. The lowest BCUT2D eigenvalue weighted by Crippen LogP contribution is -2.47. The number of esters is 1. The van der Waals surface area contributed by atoms with Gasteiger partial charge in [-0.3, -0.25) is 10.1 Å². The van der Waals surface area contributed by atoms with Crippen LogP contribution in [0.3, 0.4) is 0 Å². The Morgan fingerprint density at radius 2 is 1.74 bits per heavy atom. The minimum absolute atomic E-state index is 0.0841. The molecule has 0 spiro atoms. The number of urea groups is 1. The third kappa shape index (κ3) is 7.09. The number of carbonyl (C=O) groups is 3. The van der Waals surface area contributed by atoms with Crippen LogP contribution in [-0.2, 0) is 14.3 Å². The molecule has 148 valence electrons. The van der Waals surface area contributed by atoms with Crippen LogP contribution < -0.4 is 15.4 Å². The van der Waals surface area contributed by atoms with Gasteiger partial charge in [0.1, 0.15) is 5.75 Å². The number of amides is 3. The highest BCUT2D eigenvalue weighted by Gasteiger charge is 2.32. The van der Waals surface area contributed by atoms with Crippen LogP contribution in [-0.4, -0.2) is 36.2 Å². The molecule has 1 aliphatic rings. The zero-order chi connectivity index (χ0) is 19.9. The first-order chi connectivity index (χ1) is 12.8. The molecule has 0 aliphatic heterocycles. The second kappa shape index (κ2) is 9.60. The Morgan fingerprint density at radius 3 is 2.37 bits per heavy atom. The van der Waals surface area contributed by atoms with Crippen LogP contribution in [0, 0.1) is 0 Å². The normalized spacial score (nSPS) is 14.9. The second-order valence-corrected chi connectivity index (χ2v) is 7.44. The van der Waals surface area contributed by atoms with Crippen molar-refractivity contribution in [3.05, 3.63) is 29.3 Å². The molecule has 0 aromatic heterocycles. The summed E-state index contributed by atoms with van der Waals surface area (Å²) in [6.07, 6.45) is 5.13. The molecule has 3 amide bonds. The molecule has 1 saturated carbocycles. The zero-order valence-electron chi connectivity index (χ0n) is 15.5. The fourth-order valence-electron chi connectivity index (χ4n) is 2.77. The number of ether oxygens (including phenoxy) is 2. The molecule has 1 aromatic rings. The van der Waals surface area contributed by atoms with Crippen molar-refractivity contribution in [3.8, 4) is 5.75 Å². The number of imide groups is 1. The molecular formula is C19H25ClN2O5. The summed E-state index contributed by atoms with van der Waals surface area (Å²) in [6.45, 7) is 2.49. The molecule has 0 heterocycles. The average molecular weight is 397 g/mol. The number of hydrogen-bond donors (Lipinski definition) is 2. The van der Waals surface area contributed by atoms with Gasteiger partial charge < -0.3 is 14.8 Å². The summed E-state index contributed by atoms with van der Waals surface area (Å²) in [7, 11) is 0. The molecule has 0 bridgehead atoms. The summed E-state index contributed by atoms with van der Waals surface area (Å²) >= 11 is 5.81. The quantitative estimate of drug-likeness (QED) is 0.720. The monoisotopic (exact) mass is 396 g/mol. The van der Waals surface area contributed by atoms with Crippen LogP contribution in [0.5, 0.6) is 5.75 Å². The van der Waals surface area contributed by atoms with Crippen molar-refractivity contribution in [2.75, 3.05) is 6.61 Å². The van der Waals surface area contributed by atoms with Gasteiger partial charge in [-0.15, -0.1) is 0 Å². The van der Waals surface area contributed by atoms with Gasteiger partial charge in [-0.2, -0.15) is 0 Å². The maximum atomic E-state index is 12.2. The van der Waals surface area contributed by atoms with Gasteiger partial charge in [0.05, 0.1) is 0 Å². The lowest BCUT2D eigenvalue weighted by molar-refractivity contribution is -0.161. The van der Waals surface area contributed by atoms with Gasteiger partial charge in [0.2, 0.25) is 0 Å². The van der Waals surface area contributed by atoms with Crippen LogP contribution in [0.1, 0.15) is 46.0 Å². The number of halogens is 1. The molecule has 1 fully saturated rings. The van der Waals surface area contributed by atoms with E-state index in [1.165, 1.54) is 20.3 Å². The molecule has 0 unspecified atom stereocenters. The van der Waals surface area contributed by atoms with Crippen molar-refractivity contribution in [2.24, 2.45) is 0 Å². The van der Waals surface area contributed by atoms with E-state index in [1.807, 2.05) is 0 Å². The van der Waals surface area contributed by atoms with Crippen molar-refractivity contribution >= 4 is 29.5 Å². The molecule has 0 atom stereocenters. The van der Waals surface area contributed by atoms with E-state index in [0.717, 1.165) is 25.7 Å². The van der Waals surface area contributed by atoms with Crippen LogP contribution >= 0.6 is 11.6 Å². The number of benzene rings is 1. The lowest BCUT2D eigenvalue weighted by atomic mass is 9.96. The highest BCUT2D eigenvalue weighted by Crippen LogP contribution is 2.21. The maximum absolute atomic E-state index is 12.2. The Labute approximate surface area is 163 Å². The van der Waals surface area contributed by atoms with E-state index in [2.05, 4.69) is 10.6 Å². The lowest BCUT2D eigenvalue weighted by Gasteiger charge is -2.24. The first-order valence-corrected chi connectivity index (χ1v) is 9.36. The van der Waals surface area contributed by atoms with E-state index < -0.39 is 30.1 Å². The molecule has 2 N–H and O–H groups in total. The van der Waals surface area contributed by atoms with Crippen LogP contribution in [0.15, 0.2) is 24.3 Å². The number of carbonyl (C=O) groups excluding carboxylic acids is 3. The molecule has 0 radical (unpaired) electrons. The minimum Gasteiger partial charge on any atom is -0.476 e. The molecule has 2 rings (SSSR count). The molecular weight excluding hydrogens is 372 g/mol. The second-order valence-electron chi connectivity index (χ2n) is 7.00. The first kappa shape index (κ1) is 21.0. The Balaban J connectivity index is 1.74. The number of rotatable bonds is 6.